The van der Waals surface area contributed by atoms with Gasteiger partial charge in [0.1, 0.15) is 0 Å². The average Bonchev–Trinajstić information content (AvgIpc) is 2.47. The minimum Gasteiger partial charge on any atom is -0.224 e. The number of aliphatic imine (C=N–C) groups is 2. The van der Waals surface area contributed by atoms with Crippen LogP contribution < -0.4 is 0 Å². The van der Waals surface area contributed by atoms with E-state index in [1.807, 2.05) is 0 Å². The van der Waals surface area contributed by atoms with Gasteiger partial charge in [0.05, 0.1) is 22.9 Å². The van der Waals surface area contributed by atoms with Crippen molar-refractivity contribution in [2.75, 3.05) is 12.3 Å². The average molecular weight is 308 g/mol. The van der Waals surface area contributed by atoms with Gasteiger partial charge in [-0.15, -0.1) is 0 Å². The minimum atomic E-state index is -3.47. The number of para-hydroxylation sites is 1. The summed E-state index contributed by atoms with van der Waals surface area (Å²) < 4.78 is 24.4. The largest absolute Gasteiger partial charge is 0.240 e. The van der Waals surface area contributed by atoms with E-state index in [-0.39, 0.29) is 16.3 Å². The molecule has 0 atom stereocenters. The Balaban J connectivity index is 2.58. The van der Waals surface area contributed by atoms with E-state index in [2.05, 4.69) is 9.98 Å². The zero-order chi connectivity index (χ0) is 15.6. The quantitative estimate of drug-likeness (QED) is 0.397. The second-order valence-corrected chi connectivity index (χ2v) is 6.45. The number of isocyanates is 2. The van der Waals surface area contributed by atoms with Gasteiger partial charge in [-0.25, -0.2) is 23.0 Å². The van der Waals surface area contributed by atoms with Crippen LogP contribution in [0.25, 0.3) is 0 Å². The Morgan fingerprint density at radius 2 is 1.67 bits per heavy atom. The monoisotopic (exact) mass is 308 g/mol. The highest BCUT2D eigenvalue weighted by atomic mass is 32.2. The first kappa shape index (κ1) is 17.0. The van der Waals surface area contributed by atoms with E-state index < -0.39 is 9.84 Å². The Hall–Kier alpha value is -2.07. The predicted molar refractivity (Wildman–Crippen MR) is 77.7 cm³/mol. The van der Waals surface area contributed by atoms with Gasteiger partial charge in [-0.1, -0.05) is 25.0 Å². The van der Waals surface area contributed by atoms with Crippen LogP contribution in [-0.4, -0.2) is 32.9 Å². The van der Waals surface area contributed by atoms with E-state index >= 15 is 0 Å². The number of sulfone groups is 1. The highest BCUT2D eigenvalue weighted by molar-refractivity contribution is 7.91. The first-order chi connectivity index (χ1) is 10.1. The summed E-state index contributed by atoms with van der Waals surface area (Å²) in [6, 6.07) is 6.11. The Morgan fingerprint density at radius 3 is 2.38 bits per heavy atom. The summed E-state index contributed by atoms with van der Waals surface area (Å²) in [5, 5.41) is 0. The summed E-state index contributed by atoms with van der Waals surface area (Å²) >= 11 is 0. The van der Waals surface area contributed by atoms with Crippen LogP contribution in [0.4, 0.5) is 5.69 Å². The first-order valence-electron chi connectivity index (χ1n) is 6.55. The van der Waals surface area contributed by atoms with Crippen molar-refractivity contribution in [1.29, 1.82) is 0 Å². The summed E-state index contributed by atoms with van der Waals surface area (Å²) in [6.45, 7) is 0.424. The molecule has 0 aliphatic carbocycles. The lowest BCUT2D eigenvalue weighted by molar-refractivity contribution is 0.561. The number of rotatable bonds is 9. The molecule has 112 valence electrons. The molecule has 1 aromatic carbocycles. The van der Waals surface area contributed by atoms with Gasteiger partial charge in [-0.3, -0.25) is 0 Å². The van der Waals surface area contributed by atoms with Gasteiger partial charge in [-0.2, -0.15) is 4.99 Å². The summed E-state index contributed by atoms with van der Waals surface area (Å²) in [6.07, 6.45) is 5.59. The molecule has 0 aliphatic heterocycles. The number of carbonyl (C=O) groups excluding carboxylic acids is 2. The lowest BCUT2D eigenvalue weighted by Gasteiger charge is -2.06. The van der Waals surface area contributed by atoms with Gasteiger partial charge >= 0.3 is 0 Å². The molecule has 1 aromatic rings. The molecule has 0 heterocycles. The lowest BCUT2D eigenvalue weighted by Crippen LogP contribution is -2.07. The smallest absolute Gasteiger partial charge is 0.224 e. The van der Waals surface area contributed by atoms with Gasteiger partial charge in [0.15, 0.2) is 9.84 Å². The Morgan fingerprint density at radius 1 is 0.952 bits per heavy atom. The molecular formula is C14H16N2O4S. The fraction of sp³-hybridized carbons (Fsp3) is 0.429. The molecule has 1 rings (SSSR count). The van der Waals surface area contributed by atoms with Crippen LogP contribution in [0.2, 0.25) is 0 Å². The molecule has 0 unspecified atom stereocenters. The maximum atomic E-state index is 12.2. The lowest BCUT2D eigenvalue weighted by atomic mass is 10.2. The van der Waals surface area contributed by atoms with Gasteiger partial charge in [0, 0.05) is 0 Å². The summed E-state index contributed by atoms with van der Waals surface area (Å²) in [5.74, 6) is -0.00462. The third kappa shape index (κ3) is 5.83. The molecule has 0 saturated heterocycles. The molecule has 0 bridgehead atoms. The van der Waals surface area contributed by atoms with Gasteiger partial charge < -0.3 is 0 Å². The second kappa shape index (κ2) is 8.97. The highest BCUT2D eigenvalue weighted by Crippen LogP contribution is 2.25. The van der Waals surface area contributed by atoms with Crippen LogP contribution in [0.5, 0.6) is 0 Å². The molecule has 6 nitrogen and oxygen atoms in total. The van der Waals surface area contributed by atoms with Crippen molar-refractivity contribution < 1.29 is 18.0 Å². The standard InChI is InChI=1S/C14H16N2O4S/c17-11-15-9-5-1-2-6-10-21(19,20)14-8-4-3-7-13(14)16-12-18/h3-4,7-8H,1-2,5-6,9-10H2. The number of nitrogens with zero attached hydrogens (tertiary/aromatic N) is 2. The topological polar surface area (TPSA) is 93.0 Å². The van der Waals surface area contributed by atoms with Crippen molar-refractivity contribution in [2.24, 2.45) is 9.98 Å². The highest BCUT2D eigenvalue weighted by Gasteiger charge is 2.17. The second-order valence-electron chi connectivity index (χ2n) is 4.38. The molecule has 0 saturated carbocycles. The SMILES string of the molecule is O=C=NCCCCCCS(=O)(=O)c1ccccc1N=C=O. The Labute approximate surface area is 123 Å². The molecule has 0 amide bonds. The molecule has 0 fully saturated rings. The number of unbranched alkanes of at least 4 members (excludes halogenated alkanes) is 3. The van der Waals surface area contributed by atoms with Crippen molar-refractivity contribution in [3.63, 3.8) is 0 Å². The zero-order valence-electron chi connectivity index (χ0n) is 11.5. The normalized spacial score (nSPS) is 10.5. The predicted octanol–water partition coefficient (Wildman–Crippen LogP) is 2.32. The van der Waals surface area contributed by atoms with E-state index in [0.29, 0.717) is 13.0 Å². The van der Waals surface area contributed by atoms with Gasteiger partial charge in [-0.05, 0) is 25.0 Å². The van der Waals surface area contributed by atoms with Gasteiger partial charge in [0.25, 0.3) is 0 Å². The first-order valence-corrected chi connectivity index (χ1v) is 8.20. The van der Waals surface area contributed by atoms with Crippen LogP contribution in [0.15, 0.2) is 39.1 Å². The minimum absolute atomic E-state index is 0.00462. The Bertz CT molecular complexity index is 657. The zero-order valence-corrected chi connectivity index (χ0v) is 12.3. The van der Waals surface area contributed by atoms with E-state index in [1.54, 1.807) is 12.1 Å². The van der Waals surface area contributed by atoms with Crippen molar-refractivity contribution in [3.8, 4) is 0 Å². The van der Waals surface area contributed by atoms with Crippen molar-refractivity contribution >= 4 is 27.7 Å². The maximum absolute atomic E-state index is 12.2. The summed E-state index contributed by atoms with van der Waals surface area (Å²) in [7, 11) is -3.47. The van der Waals surface area contributed by atoms with Crippen molar-refractivity contribution in [1.82, 2.24) is 0 Å². The number of benzene rings is 1. The van der Waals surface area contributed by atoms with Crippen LogP contribution in [0.3, 0.4) is 0 Å². The van der Waals surface area contributed by atoms with Crippen LogP contribution in [0, 0.1) is 0 Å². The molecule has 21 heavy (non-hydrogen) atoms. The fourth-order valence-electron chi connectivity index (χ4n) is 1.85. The third-order valence-corrected chi connectivity index (χ3v) is 4.71. The molecular weight excluding hydrogens is 292 g/mol. The van der Waals surface area contributed by atoms with Crippen LogP contribution in [0.1, 0.15) is 25.7 Å². The summed E-state index contributed by atoms with van der Waals surface area (Å²) in [5.41, 5.74) is 0.118. The molecule has 0 N–H and O–H groups in total. The molecule has 0 aliphatic rings. The van der Waals surface area contributed by atoms with Crippen LogP contribution >= 0.6 is 0 Å². The molecule has 0 aromatic heterocycles. The maximum Gasteiger partial charge on any atom is 0.240 e. The van der Waals surface area contributed by atoms with Crippen LogP contribution in [-0.2, 0) is 19.4 Å². The van der Waals surface area contributed by atoms with Crippen molar-refractivity contribution in [2.45, 2.75) is 30.6 Å². The molecule has 0 spiro atoms. The fourth-order valence-corrected chi connectivity index (χ4v) is 3.38. The van der Waals surface area contributed by atoms with E-state index in [0.717, 1.165) is 19.3 Å². The van der Waals surface area contributed by atoms with Crippen molar-refractivity contribution in [3.05, 3.63) is 24.3 Å². The van der Waals surface area contributed by atoms with E-state index in [9.17, 15) is 18.0 Å². The van der Waals surface area contributed by atoms with E-state index in [1.165, 1.54) is 24.3 Å². The Kier molecular flexibility index (Phi) is 7.26. The molecule has 7 heteroatoms. The molecule has 0 radical (unpaired) electrons. The number of hydrogen-bond donors (Lipinski definition) is 0. The van der Waals surface area contributed by atoms with Gasteiger partial charge in [0.2, 0.25) is 12.2 Å². The summed E-state index contributed by atoms with van der Waals surface area (Å²) in [4.78, 5) is 27.1. The van der Waals surface area contributed by atoms with E-state index in [4.69, 9.17) is 0 Å². The number of hydrogen-bond acceptors (Lipinski definition) is 6. The third-order valence-electron chi connectivity index (χ3n) is 2.86.